The Bertz CT molecular complexity index is 874. The molecule has 2 nitrogen and oxygen atoms in total. The largest absolute Gasteiger partial charge is 0.496 e. The van der Waals surface area contributed by atoms with Crippen molar-refractivity contribution in [2.24, 2.45) is 0 Å². The molecule has 2 heteroatoms. The van der Waals surface area contributed by atoms with Gasteiger partial charge in [-0.3, -0.25) is 0 Å². The highest BCUT2D eigenvalue weighted by atomic mass is 16.5. The summed E-state index contributed by atoms with van der Waals surface area (Å²) in [5.74, 6) is 1.75. The minimum Gasteiger partial charge on any atom is -0.496 e. The molecule has 0 saturated carbocycles. The van der Waals surface area contributed by atoms with Gasteiger partial charge in [0.1, 0.15) is 11.5 Å². The third-order valence-corrected chi connectivity index (χ3v) is 4.84. The summed E-state index contributed by atoms with van der Waals surface area (Å²) in [5.41, 5.74) is 8.00. The van der Waals surface area contributed by atoms with Gasteiger partial charge in [0.25, 0.3) is 0 Å². The predicted molar refractivity (Wildman–Crippen MR) is 97.0 cm³/mol. The molecular formula is C22H20O2. The van der Waals surface area contributed by atoms with Crippen molar-refractivity contribution in [1.29, 1.82) is 0 Å². The van der Waals surface area contributed by atoms with Gasteiger partial charge in [0.05, 0.1) is 14.2 Å². The lowest BCUT2D eigenvalue weighted by molar-refractivity contribution is 0.387. The van der Waals surface area contributed by atoms with Crippen LogP contribution >= 0.6 is 0 Å². The molecule has 0 amide bonds. The van der Waals surface area contributed by atoms with Crippen LogP contribution in [0.15, 0.2) is 60.7 Å². The van der Waals surface area contributed by atoms with E-state index in [0.717, 1.165) is 29.9 Å². The molecule has 0 radical (unpaired) electrons. The van der Waals surface area contributed by atoms with E-state index < -0.39 is 0 Å². The Morgan fingerprint density at radius 1 is 0.750 bits per heavy atom. The maximum Gasteiger partial charge on any atom is 0.126 e. The summed E-state index contributed by atoms with van der Waals surface area (Å²) >= 11 is 0. The standard InChI is InChI=1S/C22H20O2/c1-23-21-11-6-12-22(24-2)20(21)14-16-8-5-10-18-17-9-4-3-7-15(17)13-19(16)18/h3-12H,13-14H2,1-2H3. The lowest BCUT2D eigenvalue weighted by atomic mass is 9.95. The third kappa shape index (κ3) is 2.35. The van der Waals surface area contributed by atoms with Crippen LogP contribution in [0.25, 0.3) is 11.1 Å². The number of benzene rings is 3. The first-order chi connectivity index (χ1) is 11.8. The Hall–Kier alpha value is -2.74. The van der Waals surface area contributed by atoms with Crippen molar-refractivity contribution in [3.05, 3.63) is 82.9 Å². The Morgan fingerprint density at radius 3 is 2.17 bits per heavy atom. The van der Waals surface area contributed by atoms with Gasteiger partial charge in [0.2, 0.25) is 0 Å². The molecule has 0 fully saturated rings. The van der Waals surface area contributed by atoms with E-state index in [2.05, 4.69) is 42.5 Å². The van der Waals surface area contributed by atoms with E-state index in [1.165, 1.54) is 27.8 Å². The molecule has 0 aliphatic heterocycles. The molecule has 0 N–H and O–H groups in total. The van der Waals surface area contributed by atoms with Crippen molar-refractivity contribution in [2.45, 2.75) is 12.8 Å². The smallest absolute Gasteiger partial charge is 0.126 e. The Morgan fingerprint density at radius 2 is 1.42 bits per heavy atom. The van der Waals surface area contributed by atoms with Gasteiger partial charge in [-0.05, 0) is 46.4 Å². The molecule has 120 valence electrons. The fraction of sp³-hybridized carbons (Fsp3) is 0.182. The van der Waals surface area contributed by atoms with Gasteiger partial charge in [-0.25, -0.2) is 0 Å². The van der Waals surface area contributed by atoms with Gasteiger partial charge in [0, 0.05) is 12.0 Å². The van der Waals surface area contributed by atoms with Crippen molar-refractivity contribution in [2.75, 3.05) is 14.2 Å². The van der Waals surface area contributed by atoms with E-state index in [9.17, 15) is 0 Å². The van der Waals surface area contributed by atoms with Gasteiger partial charge in [-0.15, -0.1) is 0 Å². The van der Waals surface area contributed by atoms with Gasteiger partial charge in [-0.1, -0.05) is 48.5 Å². The van der Waals surface area contributed by atoms with Crippen molar-refractivity contribution in [3.8, 4) is 22.6 Å². The van der Waals surface area contributed by atoms with Crippen molar-refractivity contribution in [1.82, 2.24) is 0 Å². The van der Waals surface area contributed by atoms with Crippen LogP contribution in [0.4, 0.5) is 0 Å². The van der Waals surface area contributed by atoms with Gasteiger partial charge in [0.15, 0.2) is 0 Å². The second kappa shape index (κ2) is 6.04. The second-order valence-electron chi connectivity index (χ2n) is 6.10. The highest BCUT2D eigenvalue weighted by Crippen LogP contribution is 2.40. The van der Waals surface area contributed by atoms with Crippen LogP contribution in [0.3, 0.4) is 0 Å². The highest BCUT2D eigenvalue weighted by Gasteiger charge is 2.21. The van der Waals surface area contributed by atoms with Crippen molar-refractivity contribution >= 4 is 0 Å². The molecule has 4 rings (SSSR count). The summed E-state index contributed by atoms with van der Waals surface area (Å²) in [4.78, 5) is 0. The first-order valence-electron chi connectivity index (χ1n) is 8.20. The van der Waals surface area contributed by atoms with E-state index in [4.69, 9.17) is 9.47 Å². The maximum atomic E-state index is 5.56. The second-order valence-corrected chi connectivity index (χ2v) is 6.10. The fourth-order valence-corrected chi connectivity index (χ4v) is 3.68. The molecule has 0 bridgehead atoms. The predicted octanol–water partition coefficient (Wildman–Crippen LogP) is 4.87. The molecule has 1 aliphatic rings. The summed E-state index contributed by atoms with van der Waals surface area (Å²) in [6.07, 6.45) is 1.81. The zero-order chi connectivity index (χ0) is 16.5. The SMILES string of the molecule is COc1cccc(OC)c1Cc1cccc2c1Cc1ccccc1-2. The highest BCUT2D eigenvalue weighted by molar-refractivity contribution is 5.78. The number of hydrogen-bond donors (Lipinski definition) is 0. The lowest BCUT2D eigenvalue weighted by Crippen LogP contribution is -2.00. The molecule has 1 aliphatic carbocycles. The fourth-order valence-electron chi connectivity index (χ4n) is 3.68. The molecule has 24 heavy (non-hydrogen) atoms. The van der Waals surface area contributed by atoms with Crippen LogP contribution in [0.2, 0.25) is 0 Å². The minimum absolute atomic E-state index is 0.810. The van der Waals surface area contributed by atoms with Crippen LogP contribution in [-0.4, -0.2) is 14.2 Å². The third-order valence-electron chi connectivity index (χ3n) is 4.84. The van der Waals surface area contributed by atoms with E-state index in [-0.39, 0.29) is 0 Å². The number of rotatable bonds is 4. The van der Waals surface area contributed by atoms with Crippen LogP contribution < -0.4 is 9.47 Å². The summed E-state index contributed by atoms with van der Waals surface area (Å²) < 4.78 is 11.1. The van der Waals surface area contributed by atoms with E-state index in [1.54, 1.807) is 14.2 Å². The van der Waals surface area contributed by atoms with E-state index >= 15 is 0 Å². The average Bonchev–Trinajstić information content (AvgIpc) is 3.01. The number of fused-ring (bicyclic) bond motifs is 3. The zero-order valence-electron chi connectivity index (χ0n) is 14.0. The molecule has 3 aromatic carbocycles. The monoisotopic (exact) mass is 316 g/mol. The average molecular weight is 316 g/mol. The van der Waals surface area contributed by atoms with Crippen LogP contribution in [0.5, 0.6) is 11.5 Å². The Labute approximate surface area is 142 Å². The Kier molecular flexibility index (Phi) is 3.73. The van der Waals surface area contributed by atoms with Gasteiger partial charge < -0.3 is 9.47 Å². The number of methoxy groups -OCH3 is 2. The minimum atomic E-state index is 0.810. The lowest BCUT2D eigenvalue weighted by Gasteiger charge is -2.15. The van der Waals surface area contributed by atoms with Crippen LogP contribution in [0.1, 0.15) is 22.3 Å². The van der Waals surface area contributed by atoms with E-state index in [1.807, 2.05) is 18.2 Å². The first kappa shape index (κ1) is 14.8. The molecule has 0 unspecified atom stereocenters. The van der Waals surface area contributed by atoms with Gasteiger partial charge in [-0.2, -0.15) is 0 Å². The van der Waals surface area contributed by atoms with Crippen molar-refractivity contribution < 1.29 is 9.47 Å². The van der Waals surface area contributed by atoms with Crippen LogP contribution in [0, 0.1) is 0 Å². The summed E-state index contributed by atoms with van der Waals surface area (Å²) in [7, 11) is 3.42. The van der Waals surface area contributed by atoms with Crippen LogP contribution in [-0.2, 0) is 12.8 Å². The summed E-state index contributed by atoms with van der Waals surface area (Å²) in [6.45, 7) is 0. The molecule has 0 atom stereocenters. The molecule has 0 heterocycles. The maximum absolute atomic E-state index is 5.56. The zero-order valence-corrected chi connectivity index (χ0v) is 14.0. The quantitative estimate of drug-likeness (QED) is 0.535. The molecular weight excluding hydrogens is 296 g/mol. The van der Waals surface area contributed by atoms with Crippen molar-refractivity contribution in [3.63, 3.8) is 0 Å². The molecule has 0 saturated heterocycles. The first-order valence-corrected chi connectivity index (χ1v) is 8.20. The normalized spacial score (nSPS) is 11.8. The topological polar surface area (TPSA) is 18.5 Å². The van der Waals surface area contributed by atoms with Gasteiger partial charge >= 0.3 is 0 Å². The van der Waals surface area contributed by atoms with E-state index in [0.29, 0.717) is 0 Å². The summed E-state index contributed by atoms with van der Waals surface area (Å²) in [6, 6.07) is 21.2. The molecule has 0 spiro atoms. The summed E-state index contributed by atoms with van der Waals surface area (Å²) in [5, 5.41) is 0. The molecule has 3 aromatic rings. The number of ether oxygens (including phenoxy) is 2. The number of hydrogen-bond acceptors (Lipinski definition) is 2. The Balaban J connectivity index is 1.79. The molecule has 0 aromatic heterocycles.